The topological polar surface area (TPSA) is 75.9 Å². The predicted molar refractivity (Wildman–Crippen MR) is 70.0 cm³/mol. The van der Waals surface area contributed by atoms with E-state index < -0.39 is 10.5 Å². The molecule has 1 fully saturated rings. The maximum atomic E-state index is 12.3. The third kappa shape index (κ3) is 4.66. The summed E-state index contributed by atoms with van der Waals surface area (Å²) in [5.41, 5.74) is -0.861. The Morgan fingerprint density at radius 1 is 1.32 bits per heavy atom. The summed E-state index contributed by atoms with van der Waals surface area (Å²) in [6, 6.07) is 0. The number of amides is 1. The Kier molecular flexibility index (Phi) is 5.53. The van der Waals surface area contributed by atoms with Crippen molar-refractivity contribution in [2.24, 2.45) is 5.41 Å². The van der Waals surface area contributed by atoms with Crippen molar-refractivity contribution in [1.29, 1.82) is 0 Å². The highest BCUT2D eigenvalue weighted by Gasteiger charge is 2.34. The fraction of sp³-hybridized carbons (Fsp3) is 0.917. The predicted octanol–water partition coefficient (Wildman–Crippen LogP) is 0.775. The van der Waals surface area contributed by atoms with Crippen molar-refractivity contribution in [1.82, 2.24) is 9.80 Å². The van der Waals surface area contributed by atoms with Gasteiger partial charge < -0.3 is 9.74 Å². The first kappa shape index (κ1) is 15.7. The van der Waals surface area contributed by atoms with Crippen LogP contribution in [-0.2, 0) is 9.63 Å². The lowest BCUT2D eigenvalue weighted by atomic mass is 9.92. The molecule has 0 aliphatic carbocycles. The maximum Gasteiger partial charge on any atom is 0.294 e. The van der Waals surface area contributed by atoms with Gasteiger partial charge in [-0.2, -0.15) is 0 Å². The Bertz CT molecular complexity index is 325. The zero-order chi connectivity index (χ0) is 14.5. The second-order valence-electron chi connectivity index (χ2n) is 5.51. The van der Waals surface area contributed by atoms with Crippen LogP contribution in [0.2, 0.25) is 0 Å². The number of carbonyl (C=O) groups excluding carboxylic acids is 1. The first-order valence-corrected chi connectivity index (χ1v) is 6.66. The van der Waals surface area contributed by atoms with Gasteiger partial charge in [-0.25, -0.2) is 0 Å². The summed E-state index contributed by atoms with van der Waals surface area (Å²) < 4.78 is 0. The fourth-order valence-electron chi connectivity index (χ4n) is 2.19. The molecule has 0 aromatic heterocycles. The van der Waals surface area contributed by atoms with Crippen LogP contribution in [0.15, 0.2) is 0 Å². The van der Waals surface area contributed by atoms with E-state index in [-0.39, 0.29) is 12.5 Å². The number of hydrogen-bond donors (Lipinski definition) is 0. The highest BCUT2D eigenvalue weighted by molar-refractivity contribution is 5.82. The van der Waals surface area contributed by atoms with Gasteiger partial charge in [-0.05, 0) is 26.8 Å². The van der Waals surface area contributed by atoms with Gasteiger partial charge in [0.05, 0.1) is 5.41 Å². The molecular weight excluding hydrogens is 250 g/mol. The minimum absolute atomic E-state index is 0.0782. The summed E-state index contributed by atoms with van der Waals surface area (Å²) in [7, 11) is 0. The van der Waals surface area contributed by atoms with Gasteiger partial charge in [-0.1, -0.05) is 6.92 Å². The molecule has 110 valence electrons. The highest BCUT2D eigenvalue weighted by Crippen LogP contribution is 2.20. The second kappa shape index (κ2) is 6.70. The monoisotopic (exact) mass is 273 g/mol. The number of rotatable bonds is 6. The van der Waals surface area contributed by atoms with Crippen LogP contribution in [0.25, 0.3) is 0 Å². The minimum atomic E-state index is -0.861. The molecule has 1 aliphatic heterocycles. The summed E-state index contributed by atoms with van der Waals surface area (Å²) in [6.07, 6.45) is 1.11. The Balaban J connectivity index is 2.47. The van der Waals surface area contributed by atoms with E-state index in [1.807, 2.05) is 0 Å². The fourth-order valence-corrected chi connectivity index (χ4v) is 2.19. The van der Waals surface area contributed by atoms with Crippen LogP contribution in [0, 0.1) is 15.5 Å². The van der Waals surface area contributed by atoms with Crippen molar-refractivity contribution in [3.05, 3.63) is 10.1 Å². The van der Waals surface area contributed by atoms with Crippen LogP contribution >= 0.6 is 0 Å². The molecule has 0 atom stereocenters. The zero-order valence-corrected chi connectivity index (χ0v) is 11.9. The number of hydrogen-bond acceptors (Lipinski definition) is 5. The minimum Gasteiger partial charge on any atom is -0.340 e. The Hall–Kier alpha value is -1.37. The van der Waals surface area contributed by atoms with Crippen molar-refractivity contribution in [2.75, 3.05) is 39.3 Å². The van der Waals surface area contributed by atoms with Gasteiger partial charge in [0.15, 0.2) is 0 Å². The van der Waals surface area contributed by atoms with Crippen molar-refractivity contribution in [3.63, 3.8) is 0 Å². The number of nitrogens with zero attached hydrogens (tertiary/aromatic N) is 3. The second-order valence-corrected chi connectivity index (χ2v) is 5.51. The van der Waals surface area contributed by atoms with E-state index >= 15 is 0 Å². The van der Waals surface area contributed by atoms with Crippen LogP contribution in [0.5, 0.6) is 0 Å². The number of carbonyl (C=O) groups is 1. The molecule has 0 spiro atoms. The van der Waals surface area contributed by atoms with E-state index in [2.05, 4.69) is 16.7 Å². The highest BCUT2D eigenvalue weighted by atomic mass is 16.9. The molecule has 7 nitrogen and oxygen atoms in total. The van der Waals surface area contributed by atoms with E-state index in [0.29, 0.717) is 13.1 Å². The summed E-state index contributed by atoms with van der Waals surface area (Å²) in [6.45, 7) is 9.44. The standard InChI is InChI=1S/C12H23N3O4/c1-4-5-13-6-8-14(9-7-13)11(16)12(2,3)10-19-15(17)18/h4-10H2,1-3H3. The van der Waals surface area contributed by atoms with Crippen LogP contribution in [0.3, 0.4) is 0 Å². The molecule has 1 saturated heterocycles. The molecule has 0 aromatic carbocycles. The lowest BCUT2D eigenvalue weighted by molar-refractivity contribution is -0.760. The molecule has 1 aliphatic rings. The van der Waals surface area contributed by atoms with Crippen molar-refractivity contribution in [2.45, 2.75) is 27.2 Å². The number of piperazine rings is 1. The summed E-state index contributed by atoms with van der Waals surface area (Å²) in [4.78, 5) is 31.0. The molecule has 0 saturated carbocycles. The quantitative estimate of drug-likeness (QED) is 0.528. The smallest absolute Gasteiger partial charge is 0.294 e. The van der Waals surface area contributed by atoms with Gasteiger partial charge in [0.1, 0.15) is 6.61 Å². The van der Waals surface area contributed by atoms with Crippen LogP contribution in [0.1, 0.15) is 27.2 Å². The Morgan fingerprint density at radius 3 is 2.37 bits per heavy atom. The van der Waals surface area contributed by atoms with E-state index in [1.54, 1.807) is 18.7 Å². The van der Waals surface area contributed by atoms with Gasteiger partial charge >= 0.3 is 0 Å². The third-order valence-corrected chi connectivity index (χ3v) is 3.31. The van der Waals surface area contributed by atoms with Gasteiger partial charge in [0.25, 0.3) is 5.09 Å². The van der Waals surface area contributed by atoms with E-state index in [1.165, 1.54) is 0 Å². The molecule has 0 N–H and O–H groups in total. The van der Waals surface area contributed by atoms with Crippen LogP contribution in [0.4, 0.5) is 0 Å². The summed E-state index contributed by atoms with van der Waals surface area (Å²) in [5.74, 6) is -0.0782. The molecule has 1 rings (SSSR count). The third-order valence-electron chi connectivity index (χ3n) is 3.31. The van der Waals surface area contributed by atoms with Crippen LogP contribution in [-0.4, -0.2) is 60.1 Å². The SMILES string of the molecule is CCCN1CCN(C(=O)C(C)(C)CO[N+](=O)[O-])CC1. The molecule has 7 heteroatoms. The maximum absolute atomic E-state index is 12.3. The Labute approximate surface area is 113 Å². The van der Waals surface area contributed by atoms with Gasteiger partial charge in [-0.3, -0.25) is 9.69 Å². The first-order chi connectivity index (χ1) is 8.86. The largest absolute Gasteiger partial charge is 0.340 e. The zero-order valence-electron chi connectivity index (χ0n) is 11.9. The van der Waals surface area contributed by atoms with Gasteiger partial charge in [-0.15, -0.1) is 10.1 Å². The van der Waals surface area contributed by atoms with Crippen molar-refractivity contribution >= 4 is 5.91 Å². The molecule has 1 heterocycles. The molecule has 0 aromatic rings. The van der Waals surface area contributed by atoms with Crippen molar-refractivity contribution in [3.8, 4) is 0 Å². The van der Waals surface area contributed by atoms with E-state index in [9.17, 15) is 14.9 Å². The Morgan fingerprint density at radius 2 is 1.89 bits per heavy atom. The molecular formula is C12H23N3O4. The van der Waals surface area contributed by atoms with E-state index in [0.717, 1.165) is 26.1 Å². The van der Waals surface area contributed by atoms with Crippen LogP contribution < -0.4 is 0 Å². The lowest BCUT2D eigenvalue weighted by Crippen LogP contribution is -2.53. The average molecular weight is 273 g/mol. The van der Waals surface area contributed by atoms with E-state index in [4.69, 9.17) is 0 Å². The lowest BCUT2D eigenvalue weighted by Gasteiger charge is -2.38. The molecule has 0 unspecified atom stereocenters. The molecule has 0 radical (unpaired) electrons. The molecule has 0 bridgehead atoms. The molecule has 19 heavy (non-hydrogen) atoms. The van der Waals surface area contributed by atoms with Gasteiger partial charge in [0, 0.05) is 26.2 Å². The normalized spacial score (nSPS) is 17.3. The average Bonchev–Trinajstić information content (AvgIpc) is 2.37. The van der Waals surface area contributed by atoms with Gasteiger partial charge in [0.2, 0.25) is 5.91 Å². The van der Waals surface area contributed by atoms with Crippen molar-refractivity contribution < 1.29 is 14.7 Å². The first-order valence-electron chi connectivity index (χ1n) is 6.66. The molecule has 1 amide bonds. The summed E-state index contributed by atoms with van der Waals surface area (Å²) >= 11 is 0. The summed E-state index contributed by atoms with van der Waals surface area (Å²) in [5, 5.41) is 9.36.